The van der Waals surface area contributed by atoms with Gasteiger partial charge in [0.25, 0.3) is 0 Å². The van der Waals surface area contributed by atoms with Crippen LogP contribution in [0.2, 0.25) is 0 Å². The number of aliphatic hydroxyl groups excluding tert-OH is 1. The molecule has 0 aliphatic heterocycles. The van der Waals surface area contributed by atoms with E-state index in [0.29, 0.717) is 12.5 Å². The summed E-state index contributed by atoms with van der Waals surface area (Å²) in [5, 5.41) is 8.37. The Morgan fingerprint density at radius 2 is 2.29 bits per heavy atom. The topological polar surface area (TPSA) is 20.2 Å². The molecule has 1 N–H and O–H groups in total. The van der Waals surface area contributed by atoms with Crippen LogP contribution in [0.1, 0.15) is 12.8 Å². The van der Waals surface area contributed by atoms with E-state index in [9.17, 15) is 0 Å². The van der Waals surface area contributed by atoms with Gasteiger partial charge in [0.2, 0.25) is 0 Å². The Morgan fingerprint density at radius 3 is 2.43 bits per heavy atom. The first-order chi connectivity index (χ1) is 3.34. The third-order valence-corrected chi connectivity index (χ3v) is 1.57. The second-order valence-corrected chi connectivity index (χ2v) is 2.27. The second kappa shape index (κ2) is 1.83. The van der Waals surface area contributed by atoms with Gasteiger partial charge in [0, 0.05) is 6.61 Å². The zero-order chi connectivity index (χ0) is 5.28. The molecule has 1 aliphatic carbocycles. The molecule has 0 spiro atoms. The number of hydrogen-bond acceptors (Lipinski definition) is 1. The van der Waals surface area contributed by atoms with Crippen molar-refractivity contribution in [1.82, 2.24) is 0 Å². The lowest BCUT2D eigenvalue weighted by Gasteiger charge is -1.86. The van der Waals surface area contributed by atoms with Crippen molar-refractivity contribution in [2.24, 2.45) is 11.8 Å². The second-order valence-electron chi connectivity index (χ2n) is 2.27. The highest BCUT2D eigenvalue weighted by Crippen LogP contribution is 2.39. The first-order valence-corrected chi connectivity index (χ1v) is 2.78. The maximum absolute atomic E-state index is 8.37. The van der Waals surface area contributed by atoms with Crippen LogP contribution in [-0.4, -0.2) is 11.7 Å². The normalized spacial score (nSPS) is 38.6. The molecule has 1 saturated carbocycles. The fraction of sp³-hybridized carbons (Fsp3) is 0.833. The Labute approximate surface area is 44.4 Å². The molecule has 0 bridgehead atoms. The molecular formula is C6H11O. The minimum Gasteiger partial charge on any atom is -0.396 e. The van der Waals surface area contributed by atoms with Crippen LogP contribution < -0.4 is 0 Å². The third kappa shape index (κ3) is 1.16. The van der Waals surface area contributed by atoms with Gasteiger partial charge in [0.05, 0.1) is 0 Å². The van der Waals surface area contributed by atoms with Gasteiger partial charge in [0.1, 0.15) is 0 Å². The maximum atomic E-state index is 8.37. The van der Waals surface area contributed by atoms with E-state index in [0.717, 1.165) is 12.3 Å². The maximum Gasteiger partial charge on any atom is 0.0433 e. The minimum absolute atomic E-state index is 0.344. The number of aliphatic hydroxyl groups is 1. The minimum atomic E-state index is 0.344. The molecule has 0 aromatic heterocycles. The van der Waals surface area contributed by atoms with Crippen LogP contribution in [0.3, 0.4) is 0 Å². The van der Waals surface area contributed by atoms with E-state index in [1.165, 1.54) is 6.42 Å². The van der Waals surface area contributed by atoms with Gasteiger partial charge in [-0.15, -0.1) is 0 Å². The average molecular weight is 99.2 g/mol. The summed E-state index contributed by atoms with van der Waals surface area (Å²) in [7, 11) is 0. The van der Waals surface area contributed by atoms with E-state index in [1.54, 1.807) is 0 Å². The smallest absolute Gasteiger partial charge is 0.0433 e. The lowest BCUT2D eigenvalue weighted by atomic mass is 10.3. The Balaban J connectivity index is 1.98. The van der Waals surface area contributed by atoms with Gasteiger partial charge in [-0.25, -0.2) is 0 Å². The van der Waals surface area contributed by atoms with Crippen molar-refractivity contribution in [2.75, 3.05) is 6.61 Å². The Bertz CT molecular complexity index is 61.2. The Hall–Kier alpha value is -0.0400. The van der Waals surface area contributed by atoms with Crippen LogP contribution in [0.15, 0.2) is 0 Å². The summed E-state index contributed by atoms with van der Waals surface area (Å²) in [5.41, 5.74) is 0. The molecule has 41 valence electrons. The monoisotopic (exact) mass is 99.1 g/mol. The van der Waals surface area contributed by atoms with Crippen molar-refractivity contribution in [3.8, 4) is 0 Å². The molecule has 1 rings (SSSR count). The van der Waals surface area contributed by atoms with E-state index in [-0.39, 0.29) is 0 Å². The molecule has 1 fully saturated rings. The summed E-state index contributed by atoms with van der Waals surface area (Å²) in [6, 6.07) is 0. The standard InChI is InChI=1S/C6H11O/c1-5-4-6(5)2-3-7/h5-7H,1-4H2. The van der Waals surface area contributed by atoms with E-state index in [2.05, 4.69) is 6.92 Å². The van der Waals surface area contributed by atoms with Crippen LogP contribution in [0.4, 0.5) is 0 Å². The molecule has 0 saturated heterocycles. The molecule has 1 aliphatic rings. The Morgan fingerprint density at radius 1 is 1.71 bits per heavy atom. The zero-order valence-electron chi connectivity index (χ0n) is 4.43. The molecule has 1 nitrogen and oxygen atoms in total. The fourth-order valence-electron chi connectivity index (χ4n) is 0.830. The summed E-state index contributed by atoms with van der Waals surface area (Å²) < 4.78 is 0. The van der Waals surface area contributed by atoms with Gasteiger partial charge in [-0.1, -0.05) is 0 Å². The zero-order valence-corrected chi connectivity index (χ0v) is 4.43. The van der Waals surface area contributed by atoms with Crippen LogP contribution >= 0.6 is 0 Å². The van der Waals surface area contributed by atoms with Gasteiger partial charge in [-0.2, -0.15) is 0 Å². The van der Waals surface area contributed by atoms with Crippen LogP contribution in [0.5, 0.6) is 0 Å². The fourth-order valence-corrected chi connectivity index (χ4v) is 0.830. The molecule has 1 radical (unpaired) electrons. The SMILES string of the molecule is [CH2]C1CC1CCO. The van der Waals surface area contributed by atoms with Crippen LogP contribution in [-0.2, 0) is 0 Å². The van der Waals surface area contributed by atoms with Crippen LogP contribution in [0, 0.1) is 18.8 Å². The molecule has 2 unspecified atom stereocenters. The summed E-state index contributed by atoms with van der Waals surface area (Å²) in [4.78, 5) is 0. The van der Waals surface area contributed by atoms with Crippen molar-refractivity contribution < 1.29 is 5.11 Å². The van der Waals surface area contributed by atoms with Gasteiger partial charge in [-0.3, -0.25) is 0 Å². The molecule has 7 heavy (non-hydrogen) atoms. The predicted molar refractivity (Wildman–Crippen MR) is 28.7 cm³/mol. The van der Waals surface area contributed by atoms with Crippen molar-refractivity contribution in [3.63, 3.8) is 0 Å². The number of hydrogen-bond donors (Lipinski definition) is 1. The largest absolute Gasteiger partial charge is 0.396 e. The molecule has 0 aromatic carbocycles. The molecule has 2 atom stereocenters. The molecule has 1 heteroatoms. The van der Waals surface area contributed by atoms with Crippen molar-refractivity contribution in [2.45, 2.75) is 12.8 Å². The Kier molecular flexibility index (Phi) is 1.33. The quantitative estimate of drug-likeness (QED) is 0.544. The first-order valence-electron chi connectivity index (χ1n) is 2.78. The van der Waals surface area contributed by atoms with Crippen molar-refractivity contribution in [1.29, 1.82) is 0 Å². The highest BCUT2D eigenvalue weighted by Gasteiger charge is 2.31. The summed E-state index contributed by atoms with van der Waals surface area (Å²) >= 11 is 0. The number of rotatable bonds is 2. The molecular weight excluding hydrogens is 88.1 g/mol. The lowest BCUT2D eigenvalue weighted by molar-refractivity contribution is 0.278. The summed E-state index contributed by atoms with van der Waals surface area (Å²) in [6.45, 7) is 4.18. The van der Waals surface area contributed by atoms with Gasteiger partial charge < -0.3 is 5.11 Å². The highest BCUT2D eigenvalue weighted by atomic mass is 16.3. The predicted octanol–water partition coefficient (Wildman–Crippen LogP) is 0.839. The van der Waals surface area contributed by atoms with E-state index >= 15 is 0 Å². The summed E-state index contributed by atoms with van der Waals surface area (Å²) in [6.07, 6.45) is 2.20. The first kappa shape index (κ1) is 5.10. The molecule has 0 aromatic rings. The lowest BCUT2D eigenvalue weighted by Crippen LogP contribution is -1.84. The van der Waals surface area contributed by atoms with E-state index in [4.69, 9.17) is 5.11 Å². The molecule has 0 heterocycles. The third-order valence-electron chi connectivity index (χ3n) is 1.57. The van der Waals surface area contributed by atoms with Crippen molar-refractivity contribution in [3.05, 3.63) is 6.92 Å². The van der Waals surface area contributed by atoms with Gasteiger partial charge in [0.15, 0.2) is 0 Å². The highest BCUT2D eigenvalue weighted by molar-refractivity contribution is 4.87. The van der Waals surface area contributed by atoms with Gasteiger partial charge >= 0.3 is 0 Å². The van der Waals surface area contributed by atoms with Crippen molar-refractivity contribution >= 4 is 0 Å². The molecule has 0 amide bonds. The summed E-state index contributed by atoms with van der Waals surface area (Å²) in [5.74, 6) is 1.41. The average Bonchev–Trinajstić information content (AvgIpc) is 2.22. The van der Waals surface area contributed by atoms with Crippen LogP contribution in [0.25, 0.3) is 0 Å². The van der Waals surface area contributed by atoms with Gasteiger partial charge in [-0.05, 0) is 31.6 Å². The van der Waals surface area contributed by atoms with E-state index in [1.807, 2.05) is 0 Å². The van der Waals surface area contributed by atoms with E-state index < -0.39 is 0 Å².